The molecule has 5 heteroatoms. The van der Waals surface area contributed by atoms with Crippen LogP contribution in [0.5, 0.6) is 0 Å². The first-order valence-corrected chi connectivity index (χ1v) is 6.03. The van der Waals surface area contributed by atoms with Crippen LogP contribution in [0.15, 0.2) is 29.6 Å². The highest BCUT2D eigenvalue weighted by Crippen LogP contribution is 2.24. The Morgan fingerprint density at radius 1 is 1.38 bits per heavy atom. The molecule has 0 aliphatic heterocycles. The zero-order valence-electron chi connectivity index (χ0n) is 8.73. The van der Waals surface area contributed by atoms with Gasteiger partial charge >= 0.3 is 0 Å². The number of aryl methyl sites for hydroxylation is 1. The van der Waals surface area contributed by atoms with Gasteiger partial charge in [-0.2, -0.15) is 0 Å². The van der Waals surface area contributed by atoms with Crippen LogP contribution >= 0.6 is 23.6 Å². The SMILES string of the molecule is Cc1ccc(-c2csc(NC(N)=S)n2)cc1. The van der Waals surface area contributed by atoms with E-state index in [0.29, 0.717) is 0 Å². The van der Waals surface area contributed by atoms with Crippen molar-refractivity contribution >= 4 is 33.8 Å². The van der Waals surface area contributed by atoms with E-state index in [-0.39, 0.29) is 5.11 Å². The number of hydrogen-bond acceptors (Lipinski definition) is 3. The van der Waals surface area contributed by atoms with Crippen molar-refractivity contribution < 1.29 is 0 Å². The van der Waals surface area contributed by atoms with E-state index in [1.807, 2.05) is 5.38 Å². The topological polar surface area (TPSA) is 50.9 Å². The standard InChI is InChI=1S/C11H11N3S2/c1-7-2-4-8(5-3-7)9-6-16-11(13-9)14-10(12)15/h2-6H,1H3,(H3,12,13,14,15). The second kappa shape index (κ2) is 4.59. The largest absolute Gasteiger partial charge is 0.376 e. The summed E-state index contributed by atoms with van der Waals surface area (Å²) in [5.74, 6) is 0. The molecule has 0 aliphatic rings. The lowest BCUT2D eigenvalue weighted by Crippen LogP contribution is -2.18. The molecule has 16 heavy (non-hydrogen) atoms. The zero-order chi connectivity index (χ0) is 11.5. The van der Waals surface area contributed by atoms with Crippen LogP contribution < -0.4 is 11.1 Å². The summed E-state index contributed by atoms with van der Waals surface area (Å²) in [5, 5.41) is 5.77. The molecule has 0 radical (unpaired) electrons. The molecular weight excluding hydrogens is 238 g/mol. The van der Waals surface area contributed by atoms with Crippen LogP contribution in [0, 0.1) is 6.92 Å². The third kappa shape index (κ3) is 2.56. The normalized spacial score (nSPS) is 10.1. The number of thiocarbonyl (C=S) groups is 1. The van der Waals surface area contributed by atoms with Gasteiger partial charge < -0.3 is 11.1 Å². The second-order valence-corrected chi connectivity index (χ2v) is 4.69. The number of anilines is 1. The van der Waals surface area contributed by atoms with E-state index < -0.39 is 0 Å². The number of nitrogens with one attached hydrogen (secondary N) is 1. The Morgan fingerprint density at radius 2 is 2.06 bits per heavy atom. The smallest absolute Gasteiger partial charge is 0.189 e. The monoisotopic (exact) mass is 249 g/mol. The predicted molar refractivity (Wildman–Crippen MR) is 72.7 cm³/mol. The van der Waals surface area contributed by atoms with Crippen LogP contribution in [0.3, 0.4) is 0 Å². The fourth-order valence-corrected chi connectivity index (χ4v) is 2.19. The maximum atomic E-state index is 5.38. The number of nitrogens with two attached hydrogens (primary N) is 1. The van der Waals surface area contributed by atoms with Crippen LogP contribution in [0.4, 0.5) is 5.13 Å². The second-order valence-electron chi connectivity index (χ2n) is 3.39. The minimum absolute atomic E-state index is 0.241. The van der Waals surface area contributed by atoms with E-state index in [2.05, 4.69) is 41.5 Å². The van der Waals surface area contributed by atoms with Crippen LogP contribution in [-0.4, -0.2) is 10.1 Å². The first kappa shape index (κ1) is 11.0. The highest BCUT2D eigenvalue weighted by Gasteiger charge is 2.04. The summed E-state index contributed by atoms with van der Waals surface area (Å²) in [5.41, 5.74) is 8.65. The van der Waals surface area contributed by atoms with Gasteiger partial charge in [0.05, 0.1) is 5.69 Å². The third-order valence-corrected chi connectivity index (χ3v) is 2.94. The molecule has 1 aromatic heterocycles. The van der Waals surface area contributed by atoms with E-state index in [1.165, 1.54) is 16.9 Å². The van der Waals surface area contributed by atoms with Crippen molar-refractivity contribution in [1.29, 1.82) is 0 Å². The Hall–Kier alpha value is -1.46. The number of aromatic nitrogens is 1. The number of hydrogen-bond donors (Lipinski definition) is 2. The highest BCUT2D eigenvalue weighted by molar-refractivity contribution is 7.80. The molecule has 0 amide bonds. The Labute approximate surface area is 103 Å². The summed E-state index contributed by atoms with van der Waals surface area (Å²) < 4.78 is 0. The fraction of sp³-hybridized carbons (Fsp3) is 0.0909. The molecule has 0 aliphatic carbocycles. The lowest BCUT2D eigenvalue weighted by molar-refractivity contribution is 1.38. The Morgan fingerprint density at radius 3 is 2.69 bits per heavy atom. The van der Waals surface area contributed by atoms with E-state index in [9.17, 15) is 0 Å². The molecule has 0 unspecified atom stereocenters. The molecule has 82 valence electrons. The molecule has 3 N–H and O–H groups in total. The summed E-state index contributed by atoms with van der Waals surface area (Å²) in [6.07, 6.45) is 0. The van der Waals surface area contributed by atoms with Gasteiger partial charge in [0.1, 0.15) is 0 Å². The quantitative estimate of drug-likeness (QED) is 0.804. The van der Waals surface area contributed by atoms with Gasteiger partial charge in [-0.1, -0.05) is 29.8 Å². The molecule has 0 bridgehead atoms. The lowest BCUT2D eigenvalue weighted by Gasteiger charge is -1.98. The molecule has 1 heterocycles. The average Bonchev–Trinajstić information content (AvgIpc) is 2.66. The maximum absolute atomic E-state index is 5.38. The van der Waals surface area contributed by atoms with Crippen molar-refractivity contribution in [3.05, 3.63) is 35.2 Å². The Bertz CT molecular complexity index is 502. The van der Waals surface area contributed by atoms with Gasteiger partial charge in [0.15, 0.2) is 10.2 Å². The van der Waals surface area contributed by atoms with Gasteiger partial charge in [0.25, 0.3) is 0 Å². The summed E-state index contributed by atoms with van der Waals surface area (Å²) >= 11 is 6.24. The van der Waals surface area contributed by atoms with E-state index in [0.717, 1.165) is 16.4 Å². The molecule has 3 nitrogen and oxygen atoms in total. The minimum atomic E-state index is 0.241. The van der Waals surface area contributed by atoms with E-state index in [4.69, 9.17) is 18.0 Å². The minimum Gasteiger partial charge on any atom is -0.376 e. The van der Waals surface area contributed by atoms with E-state index >= 15 is 0 Å². The number of benzene rings is 1. The van der Waals surface area contributed by atoms with E-state index in [1.54, 1.807) is 0 Å². The van der Waals surface area contributed by atoms with Crippen LogP contribution in [0.25, 0.3) is 11.3 Å². The molecule has 0 saturated heterocycles. The zero-order valence-corrected chi connectivity index (χ0v) is 10.4. The van der Waals surface area contributed by atoms with Crippen molar-refractivity contribution in [2.75, 3.05) is 5.32 Å². The summed E-state index contributed by atoms with van der Waals surface area (Å²) in [6.45, 7) is 2.06. The first-order valence-electron chi connectivity index (χ1n) is 4.74. The number of nitrogens with zero attached hydrogens (tertiary/aromatic N) is 1. The van der Waals surface area contributed by atoms with Gasteiger partial charge in [-0.25, -0.2) is 4.98 Å². The van der Waals surface area contributed by atoms with Gasteiger partial charge in [0, 0.05) is 10.9 Å². The summed E-state index contributed by atoms with van der Waals surface area (Å²) in [6, 6.07) is 8.23. The van der Waals surface area contributed by atoms with Crippen LogP contribution in [0.2, 0.25) is 0 Å². The maximum Gasteiger partial charge on any atom is 0.189 e. The molecule has 2 rings (SSSR count). The Balaban J connectivity index is 2.24. The average molecular weight is 249 g/mol. The number of rotatable bonds is 2. The van der Waals surface area contributed by atoms with Gasteiger partial charge in [0.2, 0.25) is 0 Å². The molecule has 0 fully saturated rings. The highest BCUT2D eigenvalue weighted by atomic mass is 32.1. The van der Waals surface area contributed by atoms with Crippen molar-refractivity contribution in [2.45, 2.75) is 6.92 Å². The van der Waals surface area contributed by atoms with Gasteiger partial charge in [-0.15, -0.1) is 11.3 Å². The van der Waals surface area contributed by atoms with Gasteiger partial charge in [-0.3, -0.25) is 0 Å². The lowest BCUT2D eigenvalue weighted by atomic mass is 10.1. The molecular formula is C11H11N3S2. The Kier molecular flexibility index (Phi) is 3.17. The molecule has 1 aromatic carbocycles. The van der Waals surface area contributed by atoms with Crippen LogP contribution in [0.1, 0.15) is 5.56 Å². The third-order valence-electron chi connectivity index (χ3n) is 2.08. The summed E-state index contributed by atoms with van der Waals surface area (Å²) in [7, 11) is 0. The summed E-state index contributed by atoms with van der Waals surface area (Å²) in [4.78, 5) is 4.39. The first-order chi connectivity index (χ1) is 7.65. The predicted octanol–water partition coefficient (Wildman–Crippen LogP) is 2.77. The van der Waals surface area contributed by atoms with Crippen molar-refractivity contribution in [3.8, 4) is 11.3 Å². The van der Waals surface area contributed by atoms with Crippen molar-refractivity contribution in [2.24, 2.45) is 5.73 Å². The van der Waals surface area contributed by atoms with Crippen molar-refractivity contribution in [3.63, 3.8) is 0 Å². The molecule has 0 saturated carbocycles. The van der Waals surface area contributed by atoms with Gasteiger partial charge in [-0.05, 0) is 19.1 Å². The van der Waals surface area contributed by atoms with Crippen molar-refractivity contribution in [1.82, 2.24) is 4.98 Å². The van der Waals surface area contributed by atoms with Crippen LogP contribution in [-0.2, 0) is 0 Å². The molecule has 0 spiro atoms. The number of thiazole rings is 1. The molecule has 0 atom stereocenters. The molecule has 2 aromatic rings. The fourth-order valence-electron chi connectivity index (χ4n) is 1.29.